The Morgan fingerprint density at radius 3 is 2.38 bits per heavy atom. The van der Waals surface area contributed by atoms with Crippen LogP contribution < -0.4 is 25.3 Å². The van der Waals surface area contributed by atoms with Gasteiger partial charge in [-0.15, -0.1) is 11.3 Å². The molecule has 152 valence electrons. The first kappa shape index (κ1) is 20.5. The molecule has 0 atom stereocenters. The van der Waals surface area contributed by atoms with Crippen LogP contribution in [0.5, 0.6) is 17.2 Å². The summed E-state index contributed by atoms with van der Waals surface area (Å²) < 4.78 is 15.8. The fourth-order valence-corrected chi connectivity index (χ4v) is 3.63. The molecule has 6 nitrogen and oxygen atoms in total. The molecule has 0 bridgehead atoms. The zero-order chi connectivity index (χ0) is 20.6. The third-order valence-electron chi connectivity index (χ3n) is 4.40. The van der Waals surface area contributed by atoms with Gasteiger partial charge in [0, 0.05) is 4.88 Å². The Morgan fingerprint density at radius 2 is 1.69 bits per heavy atom. The van der Waals surface area contributed by atoms with Crippen LogP contribution in [0.15, 0.2) is 58.9 Å². The normalized spacial score (nSPS) is 11.2. The zero-order valence-corrected chi connectivity index (χ0v) is 17.6. The average molecular weight is 412 g/mol. The van der Waals surface area contributed by atoms with Crippen molar-refractivity contribution >= 4 is 17.3 Å². The van der Waals surface area contributed by atoms with E-state index in [2.05, 4.69) is 33.9 Å². The standard InChI is InChI=1S/C22H25N3O3S/c1-26-18-7-5-16(6-8-18)17-11-19(29-14-17)13-25-22(23)24-12-15-4-9-20(27-2)21(10-15)28-3/h4-11,14H,12-13H2,1-3H3,(H3,23,24,25). The van der Waals surface area contributed by atoms with Gasteiger partial charge in [-0.1, -0.05) is 18.2 Å². The van der Waals surface area contributed by atoms with Crippen LogP contribution in [0.1, 0.15) is 10.4 Å². The average Bonchev–Trinajstić information content (AvgIpc) is 3.25. The molecule has 0 aliphatic rings. The van der Waals surface area contributed by atoms with Crippen molar-refractivity contribution in [1.29, 1.82) is 0 Å². The Labute approximate surface area is 175 Å². The van der Waals surface area contributed by atoms with Gasteiger partial charge >= 0.3 is 0 Å². The van der Waals surface area contributed by atoms with Crippen molar-refractivity contribution < 1.29 is 14.2 Å². The van der Waals surface area contributed by atoms with Gasteiger partial charge in [-0.25, -0.2) is 4.99 Å². The first-order valence-electron chi connectivity index (χ1n) is 9.09. The smallest absolute Gasteiger partial charge is 0.189 e. The Hall–Kier alpha value is -3.19. The maximum absolute atomic E-state index is 6.02. The molecule has 0 radical (unpaired) electrons. The maximum Gasteiger partial charge on any atom is 0.189 e. The van der Waals surface area contributed by atoms with E-state index in [1.165, 1.54) is 10.4 Å². The van der Waals surface area contributed by atoms with Crippen molar-refractivity contribution in [3.8, 4) is 28.4 Å². The van der Waals surface area contributed by atoms with Crippen molar-refractivity contribution in [2.75, 3.05) is 21.3 Å². The van der Waals surface area contributed by atoms with E-state index in [4.69, 9.17) is 19.9 Å². The summed E-state index contributed by atoms with van der Waals surface area (Å²) in [5.41, 5.74) is 9.34. The highest BCUT2D eigenvalue weighted by atomic mass is 32.1. The molecule has 1 aromatic heterocycles. The number of hydrogen-bond donors (Lipinski definition) is 2. The molecular weight excluding hydrogens is 386 g/mol. The summed E-state index contributed by atoms with van der Waals surface area (Å²) in [5, 5.41) is 5.30. The summed E-state index contributed by atoms with van der Waals surface area (Å²) in [4.78, 5) is 5.58. The minimum absolute atomic E-state index is 0.402. The number of nitrogens with one attached hydrogen (secondary N) is 1. The summed E-state index contributed by atoms with van der Waals surface area (Å²) in [6.45, 7) is 1.09. The molecule has 3 rings (SSSR count). The van der Waals surface area contributed by atoms with E-state index in [-0.39, 0.29) is 0 Å². The van der Waals surface area contributed by atoms with Crippen LogP contribution >= 0.6 is 11.3 Å². The van der Waals surface area contributed by atoms with Gasteiger partial charge in [0.2, 0.25) is 0 Å². The Balaban J connectivity index is 1.56. The summed E-state index contributed by atoms with van der Waals surface area (Å²) in [6.07, 6.45) is 0. The van der Waals surface area contributed by atoms with Crippen LogP contribution in [0.2, 0.25) is 0 Å². The predicted molar refractivity (Wildman–Crippen MR) is 118 cm³/mol. The molecule has 0 fully saturated rings. The molecular formula is C22H25N3O3S. The van der Waals surface area contributed by atoms with Gasteiger partial charge in [-0.05, 0) is 52.4 Å². The maximum atomic E-state index is 6.02. The lowest BCUT2D eigenvalue weighted by Crippen LogP contribution is -2.30. The number of thiophene rings is 1. The second-order valence-electron chi connectivity index (χ2n) is 6.27. The first-order chi connectivity index (χ1) is 14.1. The molecule has 0 amide bonds. The van der Waals surface area contributed by atoms with Gasteiger partial charge < -0.3 is 25.3 Å². The lowest BCUT2D eigenvalue weighted by atomic mass is 10.1. The number of hydrogen-bond acceptors (Lipinski definition) is 5. The molecule has 3 N–H and O–H groups in total. The molecule has 1 heterocycles. The second-order valence-corrected chi connectivity index (χ2v) is 7.27. The van der Waals surface area contributed by atoms with Gasteiger partial charge in [-0.2, -0.15) is 0 Å². The molecule has 0 spiro atoms. The molecule has 29 heavy (non-hydrogen) atoms. The number of benzene rings is 2. The zero-order valence-electron chi connectivity index (χ0n) is 16.8. The van der Waals surface area contributed by atoms with E-state index in [1.54, 1.807) is 32.7 Å². The third kappa shape index (κ3) is 5.42. The quantitative estimate of drug-likeness (QED) is 0.432. The van der Waals surface area contributed by atoms with Crippen molar-refractivity contribution in [2.45, 2.75) is 13.1 Å². The van der Waals surface area contributed by atoms with E-state index in [0.717, 1.165) is 16.9 Å². The molecule has 3 aromatic rings. The lowest BCUT2D eigenvalue weighted by molar-refractivity contribution is 0.354. The number of guanidine groups is 1. The van der Waals surface area contributed by atoms with Gasteiger partial charge in [0.1, 0.15) is 5.75 Å². The van der Waals surface area contributed by atoms with E-state index < -0.39 is 0 Å². The number of nitrogens with zero attached hydrogens (tertiary/aromatic N) is 1. The monoisotopic (exact) mass is 411 g/mol. The number of nitrogens with two attached hydrogens (primary N) is 1. The van der Waals surface area contributed by atoms with Crippen LogP contribution in [-0.2, 0) is 13.1 Å². The minimum atomic E-state index is 0.402. The largest absolute Gasteiger partial charge is 0.497 e. The molecule has 0 aliphatic carbocycles. The van der Waals surface area contributed by atoms with Gasteiger partial charge in [0.25, 0.3) is 0 Å². The lowest BCUT2D eigenvalue weighted by Gasteiger charge is -2.09. The summed E-state index contributed by atoms with van der Waals surface area (Å²) in [5.74, 6) is 2.62. The fourth-order valence-electron chi connectivity index (χ4n) is 2.80. The Bertz CT molecular complexity index is 968. The van der Waals surface area contributed by atoms with E-state index in [0.29, 0.717) is 30.5 Å². The SMILES string of the molecule is COc1ccc(-c2csc(CNC(N)=NCc3ccc(OC)c(OC)c3)c2)cc1. The Kier molecular flexibility index (Phi) is 6.97. The number of ether oxygens (including phenoxy) is 3. The highest BCUT2D eigenvalue weighted by Crippen LogP contribution is 2.28. The summed E-state index contributed by atoms with van der Waals surface area (Å²) in [7, 11) is 4.89. The Morgan fingerprint density at radius 1 is 0.931 bits per heavy atom. The number of methoxy groups -OCH3 is 3. The van der Waals surface area contributed by atoms with Gasteiger partial charge in [0.15, 0.2) is 17.5 Å². The predicted octanol–water partition coefficient (Wildman–Crippen LogP) is 4.05. The third-order valence-corrected chi connectivity index (χ3v) is 5.34. The van der Waals surface area contributed by atoms with Gasteiger partial charge in [-0.3, -0.25) is 0 Å². The molecule has 0 saturated carbocycles. The van der Waals surface area contributed by atoms with Crippen molar-refractivity contribution in [2.24, 2.45) is 10.7 Å². The fraction of sp³-hybridized carbons (Fsp3) is 0.227. The highest BCUT2D eigenvalue weighted by Gasteiger charge is 2.05. The summed E-state index contributed by atoms with van der Waals surface area (Å²) >= 11 is 1.69. The molecule has 0 saturated heterocycles. The molecule has 0 aliphatic heterocycles. The van der Waals surface area contributed by atoms with E-state index >= 15 is 0 Å². The van der Waals surface area contributed by atoms with Crippen LogP contribution in [0.4, 0.5) is 0 Å². The topological polar surface area (TPSA) is 78.1 Å². The second kappa shape index (κ2) is 9.84. The van der Waals surface area contributed by atoms with Crippen molar-refractivity contribution in [1.82, 2.24) is 5.32 Å². The van der Waals surface area contributed by atoms with Crippen molar-refractivity contribution in [3.05, 3.63) is 64.4 Å². The highest BCUT2D eigenvalue weighted by molar-refractivity contribution is 7.10. The molecule has 7 heteroatoms. The van der Waals surface area contributed by atoms with Crippen LogP contribution in [0, 0.1) is 0 Å². The van der Waals surface area contributed by atoms with Gasteiger partial charge in [0.05, 0.1) is 34.4 Å². The van der Waals surface area contributed by atoms with Crippen LogP contribution in [0.25, 0.3) is 11.1 Å². The number of rotatable bonds is 8. The molecule has 2 aromatic carbocycles. The van der Waals surface area contributed by atoms with Crippen LogP contribution in [0.3, 0.4) is 0 Å². The van der Waals surface area contributed by atoms with E-state index in [1.807, 2.05) is 30.3 Å². The van der Waals surface area contributed by atoms with Crippen LogP contribution in [-0.4, -0.2) is 27.3 Å². The van der Waals surface area contributed by atoms with Crippen molar-refractivity contribution in [3.63, 3.8) is 0 Å². The molecule has 0 unspecified atom stereocenters. The number of aliphatic imine (C=N–C) groups is 1. The van der Waals surface area contributed by atoms with E-state index in [9.17, 15) is 0 Å². The first-order valence-corrected chi connectivity index (χ1v) is 9.97. The minimum Gasteiger partial charge on any atom is -0.497 e. The summed E-state index contributed by atoms with van der Waals surface area (Å²) in [6, 6.07) is 15.9.